The topological polar surface area (TPSA) is 188 Å². The van der Waals surface area contributed by atoms with Gasteiger partial charge in [-0.15, -0.1) is 0 Å². The van der Waals surface area contributed by atoms with E-state index in [0.29, 0.717) is 42.8 Å². The first kappa shape index (κ1) is 35.9. The van der Waals surface area contributed by atoms with Crippen molar-refractivity contribution in [2.24, 2.45) is 5.92 Å². The first-order valence-electron chi connectivity index (χ1n) is 17.9. The number of rotatable bonds is 13. The largest absolute Gasteiger partial charge is 0.483 e. The molecule has 274 valence electrons. The van der Waals surface area contributed by atoms with Gasteiger partial charge in [0.25, 0.3) is 11.8 Å². The van der Waals surface area contributed by atoms with Gasteiger partial charge in [-0.05, 0) is 81.9 Å². The van der Waals surface area contributed by atoms with Crippen LogP contribution in [0.3, 0.4) is 0 Å². The van der Waals surface area contributed by atoms with Crippen LogP contribution in [0.15, 0.2) is 24.3 Å². The van der Waals surface area contributed by atoms with Crippen LogP contribution in [0.25, 0.3) is 10.9 Å². The van der Waals surface area contributed by atoms with Crippen molar-refractivity contribution >= 4 is 46.6 Å². The lowest BCUT2D eigenvalue weighted by molar-refractivity contribution is -0.140. The quantitative estimate of drug-likeness (QED) is 0.279. The normalized spacial score (nSPS) is 19.6. The fourth-order valence-corrected chi connectivity index (χ4v) is 6.60. The lowest BCUT2D eigenvalue weighted by atomic mass is 9.93. The molecule has 3 N–H and O–H groups in total. The van der Waals surface area contributed by atoms with Crippen LogP contribution in [-0.2, 0) is 23.9 Å². The Hall–Kier alpha value is -4.95. The number of fused-ring (bicyclic) bond motifs is 1. The van der Waals surface area contributed by atoms with Crippen molar-refractivity contribution in [3.8, 4) is 5.75 Å². The molecule has 4 aliphatic rings. The average Bonchev–Trinajstić information content (AvgIpc) is 3.81. The Morgan fingerprint density at radius 1 is 0.941 bits per heavy atom. The summed E-state index contributed by atoms with van der Waals surface area (Å²) >= 11 is 0. The molecule has 15 heteroatoms. The fraction of sp³-hybridized carbons (Fsp3) is 0.583. The zero-order valence-corrected chi connectivity index (χ0v) is 28.9. The molecule has 2 aromatic rings. The van der Waals surface area contributed by atoms with Gasteiger partial charge in [-0.2, -0.15) is 0 Å². The number of carbonyl (C=O) groups is 6. The fourth-order valence-electron chi connectivity index (χ4n) is 6.60. The number of ether oxygens (including phenoxy) is 2. The molecule has 2 saturated heterocycles. The van der Waals surface area contributed by atoms with Gasteiger partial charge in [0, 0.05) is 56.6 Å². The highest BCUT2D eigenvalue weighted by Crippen LogP contribution is 2.29. The maximum atomic E-state index is 13.7. The number of hydrogen-bond acceptors (Lipinski definition) is 9. The van der Waals surface area contributed by atoms with E-state index in [0.717, 1.165) is 37.7 Å². The number of carboxylic acid groups (broad SMARTS) is 1. The second kappa shape index (κ2) is 15.9. The lowest BCUT2D eigenvalue weighted by Crippen LogP contribution is -2.56. The number of aromatic nitrogens is 1. The number of nitrogens with zero attached hydrogens (tertiary/aromatic N) is 4. The maximum absolute atomic E-state index is 13.7. The van der Waals surface area contributed by atoms with Gasteiger partial charge in [-0.25, -0.2) is 9.78 Å². The van der Waals surface area contributed by atoms with E-state index in [1.165, 1.54) is 15.9 Å². The summed E-state index contributed by atoms with van der Waals surface area (Å²) in [6, 6.07) is 5.25. The van der Waals surface area contributed by atoms with Gasteiger partial charge in [0.05, 0.1) is 12.1 Å². The van der Waals surface area contributed by atoms with Crippen LogP contribution >= 0.6 is 0 Å². The third-order valence-electron chi connectivity index (χ3n) is 10.1. The summed E-state index contributed by atoms with van der Waals surface area (Å²) in [6.07, 6.45) is 5.45. The minimum atomic E-state index is -1.17. The van der Waals surface area contributed by atoms with Gasteiger partial charge in [0.1, 0.15) is 23.5 Å². The number of benzene rings is 1. The molecule has 2 atom stereocenters. The second-order valence-electron chi connectivity index (χ2n) is 14.0. The third kappa shape index (κ3) is 9.05. The van der Waals surface area contributed by atoms with Crippen LogP contribution in [0.2, 0.25) is 0 Å². The lowest BCUT2D eigenvalue weighted by Gasteiger charge is -2.36. The molecule has 1 aromatic carbocycles. The van der Waals surface area contributed by atoms with E-state index in [4.69, 9.17) is 9.47 Å². The van der Waals surface area contributed by atoms with Crippen molar-refractivity contribution in [3.05, 3.63) is 35.5 Å². The van der Waals surface area contributed by atoms with Crippen LogP contribution in [0.4, 0.5) is 4.79 Å². The molecule has 2 aliphatic carbocycles. The van der Waals surface area contributed by atoms with Crippen LogP contribution in [-0.4, -0.2) is 125 Å². The number of pyridine rings is 1. The Morgan fingerprint density at radius 2 is 1.69 bits per heavy atom. The van der Waals surface area contributed by atoms with Crippen molar-refractivity contribution in [3.63, 3.8) is 0 Å². The smallest absolute Gasteiger partial charge is 0.409 e. The first-order chi connectivity index (χ1) is 24.5. The molecule has 3 heterocycles. The van der Waals surface area contributed by atoms with E-state index < -0.39 is 36.0 Å². The number of nitrogens with one attached hydrogen (secondary N) is 2. The standard InChI is InChI=1S/C36H46N6O9/c1-22-7-10-25-27(18-22)38-28(19-30(25)50-21-31(43)42-13-3-6-29(42)34(47)37-24-4-2-5-24)33(46)39-26(11-12-32(44)45)35(48)40-14-16-41(17-15-40)36(49)51-20-23-8-9-23/h7,10,18-19,23-24,26,29H,2-6,8-9,11-17,20-21H2,1H3,(H,37,47)(H,39,46)(H,44,45). The van der Waals surface area contributed by atoms with Crippen LogP contribution < -0.4 is 15.4 Å². The number of hydrogen-bond donors (Lipinski definition) is 3. The third-order valence-corrected chi connectivity index (χ3v) is 10.1. The molecule has 15 nitrogen and oxygen atoms in total. The summed E-state index contributed by atoms with van der Waals surface area (Å²) < 4.78 is 11.4. The molecular weight excluding hydrogens is 660 g/mol. The number of aliphatic carboxylic acids is 1. The Bertz CT molecular complexity index is 1670. The number of carboxylic acids is 1. The highest BCUT2D eigenvalue weighted by molar-refractivity contribution is 5.99. The Morgan fingerprint density at radius 3 is 2.37 bits per heavy atom. The van der Waals surface area contributed by atoms with Crippen LogP contribution in [0.5, 0.6) is 5.75 Å². The maximum Gasteiger partial charge on any atom is 0.409 e. The zero-order chi connectivity index (χ0) is 36.1. The van der Waals surface area contributed by atoms with Crippen molar-refractivity contribution in [1.29, 1.82) is 0 Å². The number of likely N-dealkylation sites (tertiary alicyclic amines) is 1. The van der Waals surface area contributed by atoms with Crippen molar-refractivity contribution in [1.82, 2.24) is 30.3 Å². The Kier molecular flexibility index (Phi) is 11.2. The SMILES string of the molecule is Cc1ccc2c(OCC(=O)N3CCCC3C(=O)NC3CCC3)cc(C(=O)NC(CCC(=O)O)C(=O)N3CCN(C(=O)OCC4CC4)CC3)nc2c1. The van der Waals surface area contributed by atoms with Crippen molar-refractivity contribution < 1.29 is 43.3 Å². The molecule has 1 aromatic heterocycles. The average molecular weight is 707 g/mol. The number of amides is 5. The monoisotopic (exact) mass is 706 g/mol. The molecular formula is C36H46N6O9. The zero-order valence-electron chi connectivity index (χ0n) is 28.9. The van der Waals surface area contributed by atoms with Gasteiger partial charge >= 0.3 is 12.1 Å². The van der Waals surface area contributed by atoms with E-state index in [9.17, 15) is 33.9 Å². The summed E-state index contributed by atoms with van der Waals surface area (Å²) in [5.41, 5.74) is 1.23. The van der Waals surface area contributed by atoms with Gasteiger partial charge < -0.3 is 39.9 Å². The number of aryl methyl sites for hydroxylation is 1. The van der Waals surface area contributed by atoms with Crippen molar-refractivity contribution in [2.75, 3.05) is 45.9 Å². The molecule has 4 fully saturated rings. The molecule has 2 saturated carbocycles. The van der Waals surface area contributed by atoms with E-state index in [1.54, 1.807) is 17.0 Å². The second-order valence-corrected chi connectivity index (χ2v) is 14.0. The minimum absolute atomic E-state index is 0.0779. The summed E-state index contributed by atoms with van der Waals surface area (Å²) in [6.45, 7) is 3.26. The number of carbonyl (C=O) groups excluding carboxylic acids is 5. The summed E-state index contributed by atoms with van der Waals surface area (Å²) in [5.74, 6) is -2.13. The Balaban J connectivity index is 1.12. The number of piperazine rings is 1. The molecule has 2 aliphatic heterocycles. The van der Waals surface area contributed by atoms with Gasteiger partial charge in [0.2, 0.25) is 11.8 Å². The van der Waals surface area contributed by atoms with E-state index in [-0.39, 0.29) is 74.9 Å². The molecule has 5 amide bonds. The predicted molar refractivity (Wildman–Crippen MR) is 183 cm³/mol. The molecule has 0 bridgehead atoms. The summed E-state index contributed by atoms with van der Waals surface area (Å²) in [7, 11) is 0. The van der Waals surface area contributed by atoms with E-state index in [1.807, 2.05) is 13.0 Å². The molecule has 6 rings (SSSR count). The van der Waals surface area contributed by atoms with E-state index in [2.05, 4.69) is 15.6 Å². The first-order valence-corrected chi connectivity index (χ1v) is 17.9. The van der Waals surface area contributed by atoms with Crippen LogP contribution in [0.1, 0.15) is 73.8 Å². The summed E-state index contributed by atoms with van der Waals surface area (Å²) in [4.78, 5) is 86.6. The predicted octanol–water partition coefficient (Wildman–Crippen LogP) is 2.24. The highest BCUT2D eigenvalue weighted by atomic mass is 16.6. The van der Waals surface area contributed by atoms with Gasteiger partial charge in [-0.1, -0.05) is 6.07 Å². The summed E-state index contributed by atoms with van der Waals surface area (Å²) in [5, 5.41) is 15.7. The molecule has 2 unspecified atom stereocenters. The van der Waals surface area contributed by atoms with Gasteiger partial charge in [0.15, 0.2) is 6.61 Å². The van der Waals surface area contributed by atoms with Gasteiger partial charge in [-0.3, -0.25) is 24.0 Å². The minimum Gasteiger partial charge on any atom is -0.483 e. The molecule has 51 heavy (non-hydrogen) atoms. The van der Waals surface area contributed by atoms with Crippen molar-refractivity contribution in [2.45, 2.75) is 82.8 Å². The van der Waals surface area contributed by atoms with E-state index >= 15 is 0 Å². The van der Waals surface area contributed by atoms with Crippen LogP contribution in [0, 0.1) is 12.8 Å². The molecule has 0 spiro atoms. The molecule has 0 radical (unpaired) electrons. The Labute approximate surface area is 296 Å². The highest BCUT2D eigenvalue weighted by Gasteiger charge is 2.36.